The van der Waals surface area contributed by atoms with Crippen molar-refractivity contribution >= 4 is 9.84 Å². The standard InChI is InChI=1S/C13H21N3O2S/c1-16(10-12-3-2-5-14-9-12)7-6-15-13-4-8-19(17,18)11-13/h2-3,5,9,13,15H,4,6-8,10-11H2,1H3. The van der Waals surface area contributed by atoms with E-state index < -0.39 is 9.84 Å². The van der Waals surface area contributed by atoms with Gasteiger partial charge in [0.15, 0.2) is 9.84 Å². The Morgan fingerprint density at radius 2 is 2.37 bits per heavy atom. The van der Waals surface area contributed by atoms with E-state index in [4.69, 9.17) is 0 Å². The van der Waals surface area contributed by atoms with Crippen LogP contribution in [0.25, 0.3) is 0 Å². The molecule has 1 aliphatic heterocycles. The number of pyridine rings is 1. The van der Waals surface area contributed by atoms with Crippen LogP contribution >= 0.6 is 0 Å². The molecule has 2 heterocycles. The van der Waals surface area contributed by atoms with Crippen molar-refractivity contribution in [1.29, 1.82) is 0 Å². The molecule has 1 unspecified atom stereocenters. The minimum absolute atomic E-state index is 0.136. The van der Waals surface area contributed by atoms with Crippen molar-refractivity contribution in [3.63, 3.8) is 0 Å². The van der Waals surface area contributed by atoms with Gasteiger partial charge in [-0.05, 0) is 25.1 Å². The Balaban J connectivity index is 1.66. The van der Waals surface area contributed by atoms with Gasteiger partial charge in [-0.15, -0.1) is 0 Å². The summed E-state index contributed by atoms with van der Waals surface area (Å²) < 4.78 is 22.6. The molecule has 1 saturated heterocycles. The van der Waals surface area contributed by atoms with E-state index >= 15 is 0 Å². The van der Waals surface area contributed by atoms with E-state index in [0.717, 1.165) is 26.1 Å². The van der Waals surface area contributed by atoms with Crippen molar-refractivity contribution in [3.05, 3.63) is 30.1 Å². The third-order valence-corrected chi connectivity index (χ3v) is 5.10. The molecular weight excluding hydrogens is 262 g/mol. The largest absolute Gasteiger partial charge is 0.312 e. The molecule has 0 aliphatic carbocycles. The van der Waals surface area contributed by atoms with Crippen LogP contribution in [0, 0.1) is 0 Å². The molecule has 106 valence electrons. The minimum Gasteiger partial charge on any atom is -0.312 e. The SMILES string of the molecule is CN(CCNC1CCS(=O)(=O)C1)Cc1cccnc1. The second-order valence-corrected chi connectivity index (χ2v) is 7.38. The number of hydrogen-bond donors (Lipinski definition) is 1. The molecule has 1 aromatic rings. The highest BCUT2D eigenvalue weighted by molar-refractivity contribution is 7.91. The van der Waals surface area contributed by atoms with Crippen LogP contribution in [0.4, 0.5) is 0 Å². The third-order valence-electron chi connectivity index (χ3n) is 3.33. The first-order chi connectivity index (χ1) is 9.05. The van der Waals surface area contributed by atoms with Gasteiger partial charge in [-0.25, -0.2) is 8.42 Å². The highest BCUT2D eigenvalue weighted by Crippen LogP contribution is 2.10. The summed E-state index contributed by atoms with van der Waals surface area (Å²) in [7, 11) is -0.723. The molecule has 1 aromatic heterocycles. The van der Waals surface area contributed by atoms with Gasteiger partial charge < -0.3 is 10.2 Å². The van der Waals surface area contributed by atoms with Gasteiger partial charge in [0.05, 0.1) is 11.5 Å². The van der Waals surface area contributed by atoms with E-state index in [1.165, 1.54) is 5.56 Å². The molecule has 19 heavy (non-hydrogen) atoms. The van der Waals surface area contributed by atoms with Gasteiger partial charge in [0.2, 0.25) is 0 Å². The molecule has 0 bridgehead atoms. The smallest absolute Gasteiger partial charge is 0.151 e. The summed E-state index contributed by atoms with van der Waals surface area (Å²) in [6.07, 6.45) is 4.38. The fourth-order valence-electron chi connectivity index (χ4n) is 2.30. The number of nitrogens with zero attached hydrogens (tertiary/aromatic N) is 2. The van der Waals surface area contributed by atoms with Crippen molar-refractivity contribution in [2.24, 2.45) is 0 Å². The summed E-state index contributed by atoms with van der Waals surface area (Å²) in [5, 5.41) is 3.32. The van der Waals surface area contributed by atoms with Crippen LogP contribution in [0.3, 0.4) is 0 Å². The molecule has 0 spiro atoms. The lowest BCUT2D eigenvalue weighted by molar-refractivity contribution is 0.318. The molecule has 1 N–H and O–H groups in total. The normalized spacial score (nSPS) is 21.9. The molecule has 5 nitrogen and oxygen atoms in total. The first-order valence-electron chi connectivity index (χ1n) is 6.56. The van der Waals surface area contributed by atoms with Crippen molar-refractivity contribution in [2.45, 2.75) is 19.0 Å². The number of sulfone groups is 1. The topological polar surface area (TPSA) is 62.3 Å². The van der Waals surface area contributed by atoms with Crippen LogP contribution in [-0.4, -0.2) is 56.0 Å². The molecule has 6 heteroatoms. The van der Waals surface area contributed by atoms with E-state index in [2.05, 4.69) is 28.3 Å². The number of likely N-dealkylation sites (N-methyl/N-ethyl adjacent to an activating group) is 1. The quantitative estimate of drug-likeness (QED) is 0.813. The van der Waals surface area contributed by atoms with Crippen molar-refractivity contribution in [2.75, 3.05) is 31.6 Å². The molecule has 0 aromatic carbocycles. The van der Waals surface area contributed by atoms with E-state index in [0.29, 0.717) is 11.5 Å². The van der Waals surface area contributed by atoms with Crippen LogP contribution in [0.5, 0.6) is 0 Å². The molecule has 0 saturated carbocycles. The minimum atomic E-state index is -2.78. The maximum Gasteiger partial charge on any atom is 0.151 e. The Labute approximate surface area is 114 Å². The van der Waals surface area contributed by atoms with E-state index in [-0.39, 0.29) is 6.04 Å². The molecule has 1 atom stereocenters. The van der Waals surface area contributed by atoms with Gasteiger partial charge in [0.25, 0.3) is 0 Å². The summed E-state index contributed by atoms with van der Waals surface area (Å²) in [5.74, 6) is 0.621. The van der Waals surface area contributed by atoms with E-state index in [9.17, 15) is 8.42 Å². The Morgan fingerprint density at radius 3 is 3.00 bits per heavy atom. The summed E-state index contributed by atoms with van der Waals surface area (Å²) in [4.78, 5) is 6.29. The van der Waals surface area contributed by atoms with Gasteiger partial charge in [-0.1, -0.05) is 6.07 Å². The summed E-state index contributed by atoms with van der Waals surface area (Å²) in [6.45, 7) is 2.57. The summed E-state index contributed by atoms with van der Waals surface area (Å²) >= 11 is 0. The zero-order valence-electron chi connectivity index (χ0n) is 11.2. The van der Waals surface area contributed by atoms with Crippen molar-refractivity contribution in [3.8, 4) is 0 Å². The average Bonchev–Trinajstić information content (AvgIpc) is 2.70. The van der Waals surface area contributed by atoms with Gasteiger partial charge in [0, 0.05) is 38.1 Å². The Morgan fingerprint density at radius 1 is 1.53 bits per heavy atom. The highest BCUT2D eigenvalue weighted by Gasteiger charge is 2.27. The summed E-state index contributed by atoms with van der Waals surface area (Å²) in [6, 6.07) is 4.13. The number of rotatable bonds is 6. The molecule has 0 radical (unpaired) electrons. The fourth-order valence-corrected chi connectivity index (χ4v) is 4.01. The van der Waals surface area contributed by atoms with Crippen LogP contribution in [0.1, 0.15) is 12.0 Å². The van der Waals surface area contributed by atoms with Crippen molar-refractivity contribution in [1.82, 2.24) is 15.2 Å². The van der Waals surface area contributed by atoms with Crippen LogP contribution in [-0.2, 0) is 16.4 Å². The second kappa shape index (κ2) is 6.45. The lowest BCUT2D eigenvalue weighted by Crippen LogP contribution is -2.36. The number of aromatic nitrogens is 1. The Kier molecular flexibility index (Phi) is 4.90. The number of nitrogens with one attached hydrogen (secondary N) is 1. The second-order valence-electron chi connectivity index (χ2n) is 5.15. The first kappa shape index (κ1) is 14.4. The van der Waals surface area contributed by atoms with Gasteiger partial charge in [0.1, 0.15) is 0 Å². The predicted octanol–water partition coefficient (Wildman–Crippen LogP) is 0.290. The monoisotopic (exact) mass is 283 g/mol. The molecule has 0 amide bonds. The zero-order chi connectivity index (χ0) is 13.7. The fraction of sp³-hybridized carbons (Fsp3) is 0.615. The molecular formula is C13H21N3O2S. The predicted molar refractivity (Wildman–Crippen MR) is 75.6 cm³/mol. The van der Waals surface area contributed by atoms with Gasteiger partial charge >= 0.3 is 0 Å². The zero-order valence-corrected chi connectivity index (χ0v) is 12.1. The van der Waals surface area contributed by atoms with Crippen LogP contribution in [0.2, 0.25) is 0 Å². The number of hydrogen-bond acceptors (Lipinski definition) is 5. The first-order valence-corrected chi connectivity index (χ1v) is 8.38. The molecule has 1 fully saturated rings. The maximum atomic E-state index is 11.3. The Bertz CT molecular complexity index is 490. The van der Waals surface area contributed by atoms with Crippen molar-refractivity contribution < 1.29 is 8.42 Å². The average molecular weight is 283 g/mol. The van der Waals surface area contributed by atoms with Crippen LogP contribution in [0.15, 0.2) is 24.5 Å². The van der Waals surface area contributed by atoms with E-state index in [1.807, 2.05) is 12.3 Å². The Hall–Kier alpha value is -0.980. The molecule has 1 aliphatic rings. The summed E-state index contributed by atoms with van der Waals surface area (Å²) in [5.41, 5.74) is 1.19. The lowest BCUT2D eigenvalue weighted by Gasteiger charge is -2.18. The molecule has 2 rings (SSSR count). The third kappa shape index (κ3) is 4.89. The lowest BCUT2D eigenvalue weighted by atomic mass is 10.2. The van der Waals surface area contributed by atoms with Gasteiger partial charge in [-0.3, -0.25) is 4.98 Å². The van der Waals surface area contributed by atoms with Gasteiger partial charge in [-0.2, -0.15) is 0 Å². The maximum absolute atomic E-state index is 11.3. The highest BCUT2D eigenvalue weighted by atomic mass is 32.2. The van der Waals surface area contributed by atoms with E-state index in [1.54, 1.807) is 6.20 Å². The van der Waals surface area contributed by atoms with Crippen LogP contribution < -0.4 is 5.32 Å².